The number of aryl methyl sites for hydroxylation is 2. The summed E-state index contributed by atoms with van der Waals surface area (Å²) in [5, 5.41) is 9.68. The third-order valence-electron chi connectivity index (χ3n) is 3.15. The van der Waals surface area contributed by atoms with Crippen molar-refractivity contribution >= 4 is 17.8 Å². The van der Waals surface area contributed by atoms with E-state index in [4.69, 9.17) is 0 Å². The molecule has 2 N–H and O–H groups in total. The first-order chi connectivity index (χ1) is 10.9. The number of hydrogen-bond donors (Lipinski definition) is 2. The van der Waals surface area contributed by atoms with E-state index >= 15 is 0 Å². The second kappa shape index (κ2) is 6.91. The smallest absolute Gasteiger partial charge is 0.317 e. The van der Waals surface area contributed by atoms with Gasteiger partial charge in [0.25, 0.3) is 5.91 Å². The lowest BCUT2D eigenvalue weighted by atomic mass is 10.2. The molecular weight excluding hydrogens is 296 g/mol. The van der Waals surface area contributed by atoms with Crippen LogP contribution in [0.25, 0.3) is 0 Å². The number of amides is 3. The number of carbonyl (C=O) groups is 2. The number of hydrogen-bond acceptors (Lipinski definition) is 4. The third kappa shape index (κ3) is 4.29. The van der Waals surface area contributed by atoms with Crippen molar-refractivity contribution in [3.63, 3.8) is 0 Å². The zero-order valence-corrected chi connectivity index (χ0v) is 13.6. The summed E-state index contributed by atoms with van der Waals surface area (Å²) in [7, 11) is 5.07. The molecule has 0 atom stereocenters. The van der Waals surface area contributed by atoms with E-state index in [1.165, 1.54) is 4.90 Å². The van der Waals surface area contributed by atoms with Gasteiger partial charge in [0.2, 0.25) is 0 Å². The van der Waals surface area contributed by atoms with Gasteiger partial charge in [-0.1, -0.05) is 0 Å². The standard InChI is InChI=1S/C15H20N6O2/c1-10-7-13(21(4)19-10)18-14(22)11-5-6-16-12(8-11)9-17-15(23)20(2)3/h5-8H,9H2,1-4H3,(H,17,23)(H,18,22). The molecule has 0 saturated heterocycles. The van der Waals surface area contributed by atoms with Crippen molar-refractivity contribution in [3.05, 3.63) is 41.3 Å². The molecule has 3 amide bonds. The van der Waals surface area contributed by atoms with Gasteiger partial charge in [-0.25, -0.2) is 4.79 Å². The molecule has 122 valence electrons. The van der Waals surface area contributed by atoms with Crippen molar-refractivity contribution in [2.75, 3.05) is 19.4 Å². The largest absolute Gasteiger partial charge is 0.332 e. The minimum absolute atomic E-state index is 0.216. The van der Waals surface area contributed by atoms with Gasteiger partial charge < -0.3 is 15.5 Å². The van der Waals surface area contributed by atoms with Gasteiger partial charge in [-0.05, 0) is 19.1 Å². The van der Waals surface area contributed by atoms with Crippen LogP contribution in [0.2, 0.25) is 0 Å². The van der Waals surface area contributed by atoms with E-state index in [0.717, 1.165) is 5.69 Å². The Morgan fingerprint density at radius 3 is 2.65 bits per heavy atom. The van der Waals surface area contributed by atoms with Crippen LogP contribution >= 0.6 is 0 Å². The molecule has 0 fully saturated rings. The molecule has 8 nitrogen and oxygen atoms in total. The number of anilines is 1. The first kappa shape index (κ1) is 16.5. The second-order valence-corrected chi connectivity index (χ2v) is 5.34. The molecule has 2 rings (SSSR count). The summed E-state index contributed by atoms with van der Waals surface area (Å²) in [4.78, 5) is 29.4. The molecule has 0 spiro atoms. The fourth-order valence-corrected chi connectivity index (χ4v) is 1.96. The van der Waals surface area contributed by atoms with Crippen LogP contribution in [-0.4, -0.2) is 45.7 Å². The van der Waals surface area contributed by atoms with E-state index in [0.29, 0.717) is 17.1 Å². The van der Waals surface area contributed by atoms with Gasteiger partial charge >= 0.3 is 6.03 Å². The average molecular weight is 316 g/mol. The quantitative estimate of drug-likeness (QED) is 0.885. The van der Waals surface area contributed by atoms with Crippen molar-refractivity contribution in [2.24, 2.45) is 7.05 Å². The Morgan fingerprint density at radius 1 is 1.30 bits per heavy atom. The number of rotatable bonds is 4. The Labute approximate surface area is 134 Å². The maximum Gasteiger partial charge on any atom is 0.317 e. The van der Waals surface area contributed by atoms with Crippen molar-refractivity contribution in [1.82, 2.24) is 25.0 Å². The van der Waals surface area contributed by atoms with E-state index in [1.807, 2.05) is 6.92 Å². The molecular formula is C15H20N6O2. The second-order valence-electron chi connectivity index (χ2n) is 5.34. The van der Waals surface area contributed by atoms with E-state index in [1.54, 1.807) is 50.2 Å². The van der Waals surface area contributed by atoms with E-state index in [2.05, 4.69) is 20.7 Å². The number of nitrogens with one attached hydrogen (secondary N) is 2. The molecule has 2 heterocycles. The Bertz CT molecular complexity index is 723. The van der Waals surface area contributed by atoms with Crippen molar-refractivity contribution in [1.29, 1.82) is 0 Å². The van der Waals surface area contributed by atoms with Gasteiger partial charge in [-0.2, -0.15) is 5.10 Å². The van der Waals surface area contributed by atoms with Crippen LogP contribution in [0.4, 0.5) is 10.6 Å². The molecule has 0 aromatic carbocycles. The number of urea groups is 1. The Hall–Kier alpha value is -2.90. The minimum Gasteiger partial charge on any atom is -0.332 e. The molecule has 0 aliphatic rings. The minimum atomic E-state index is -0.254. The van der Waals surface area contributed by atoms with Crippen molar-refractivity contribution < 1.29 is 9.59 Å². The van der Waals surface area contributed by atoms with E-state index < -0.39 is 0 Å². The lowest BCUT2D eigenvalue weighted by molar-refractivity contribution is 0.102. The number of nitrogens with zero attached hydrogens (tertiary/aromatic N) is 4. The monoisotopic (exact) mass is 316 g/mol. The van der Waals surface area contributed by atoms with Gasteiger partial charge in [-0.3, -0.25) is 14.5 Å². The van der Waals surface area contributed by atoms with Crippen LogP contribution in [0.15, 0.2) is 24.4 Å². The van der Waals surface area contributed by atoms with Gasteiger partial charge in [0.1, 0.15) is 5.82 Å². The van der Waals surface area contributed by atoms with Crippen molar-refractivity contribution in [2.45, 2.75) is 13.5 Å². The Balaban J connectivity index is 2.05. The predicted molar refractivity (Wildman–Crippen MR) is 86.1 cm³/mol. The molecule has 0 aliphatic carbocycles. The van der Waals surface area contributed by atoms with Crippen LogP contribution in [0.5, 0.6) is 0 Å². The summed E-state index contributed by atoms with van der Waals surface area (Å²) in [6, 6.07) is 4.84. The summed E-state index contributed by atoms with van der Waals surface area (Å²) in [5.41, 5.74) is 1.90. The van der Waals surface area contributed by atoms with E-state index in [9.17, 15) is 9.59 Å². The highest BCUT2D eigenvalue weighted by Crippen LogP contribution is 2.11. The van der Waals surface area contributed by atoms with Gasteiger partial charge in [0.15, 0.2) is 0 Å². The topological polar surface area (TPSA) is 92.1 Å². The highest BCUT2D eigenvalue weighted by atomic mass is 16.2. The van der Waals surface area contributed by atoms with Crippen LogP contribution in [0.1, 0.15) is 21.7 Å². The van der Waals surface area contributed by atoms with Crippen LogP contribution < -0.4 is 10.6 Å². The van der Waals surface area contributed by atoms with Crippen molar-refractivity contribution in [3.8, 4) is 0 Å². The summed E-state index contributed by atoms with van der Waals surface area (Å²) < 4.78 is 1.60. The maximum atomic E-state index is 12.3. The number of pyridine rings is 1. The molecule has 2 aromatic rings. The molecule has 23 heavy (non-hydrogen) atoms. The van der Waals surface area contributed by atoms with Crippen LogP contribution in [0, 0.1) is 6.92 Å². The fourth-order valence-electron chi connectivity index (χ4n) is 1.96. The summed E-state index contributed by atoms with van der Waals surface area (Å²) in [5.74, 6) is 0.363. The highest BCUT2D eigenvalue weighted by Gasteiger charge is 2.11. The Kier molecular flexibility index (Phi) is 4.95. The fraction of sp³-hybridized carbons (Fsp3) is 0.333. The zero-order chi connectivity index (χ0) is 17.0. The normalized spacial score (nSPS) is 10.3. The summed E-state index contributed by atoms with van der Waals surface area (Å²) in [6.07, 6.45) is 1.54. The summed E-state index contributed by atoms with van der Waals surface area (Å²) >= 11 is 0. The molecule has 0 bridgehead atoms. The molecule has 0 saturated carbocycles. The van der Waals surface area contributed by atoms with Gasteiger partial charge in [0, 0.05) is 39.0 Å². The third-order valence-corrected chi connectivity index (χ3v) is 3.15. The molecule has 0 unspecified atom stereocenters. The van der Waals surface area contributed by atoms with Gasteiger partial charge in [0.05, 0.1) is 17.9 Å². The first-order valence-electron chi connectivity index (χ1n) is 7.09. The average Bonchev–Trinajstić information content (AvgIpc) is 2.82. The lowest BCUT2D eigenvalue weighted by Crippen LogP contribution is -2.34. The molecule has 2 aromatic heterocycles. The van der Waals surface area contributed by atoms with Gasteiger partial charge in [-0.15, -0.1) is 0 Å². The number of carbonyl (C=O) groups excluding carboxylic acids is 2. The molecule has 0 radical (unpaired) electrons. The molecule has 0 aliphatic heterocycles. The highest BCUT2D eigenvalue weighted by molar-refractivity contribution is 6.03. The SMILES string of the molecule is Cc1cc(NC(=O)c2ccnc(CNC(=O)N(C)C)c2)n(C)n1. The first-order valence-corrected chi connectivity index (χ1v) is 7.09. The zero-order valence-electron chi connectivity index (χ0n) is 13.6. The Morgan fingerprint density at radius 2 is 2.04 bits per heavy atom. The number of aromatic nitrogens is 3. The van der Waals surface area contributed by atoms with E-state index in [-0.39, 0.29) is 18.5 Å². The summed E-state index contributed by atoms with van der Waals surface area (Å²) in [6.45, 7) is 2.11. The predicted octanol–water partition coefficient (Wildman–Crippen LogP) is 1.15. The molecule has 8 heteroatoms. The lowest BCUT2D eigenvalue weighted by Gasteiger charge is -2.12. The van der Waals surface area contributed by atoms with Crippen LogP contribution in [-0.2, 0) is 13.6 Å². The van der Waals surface area contributed by atoms with Crippen LogP contribution in [0.3, 0.4) is 0 Å². The maximum absolute atomic E-state index is 12.3.